The lowest BCUT2D eigenvalue weighted by Crippen LogP contribution is -2.13. The van der Waals surface area contributed by atoms with Crippen LogP contribution in [0.15, 0.2) is 10.8 Å². The maximum atomic E-state index is 10.7. The Labute approximate surface area is 84.7 Å². The Hall–Kier alpha value is -0.840. The Morgan fingerprint density at radius 1 is 1.77 bits per heavy atom. The molecular weight excluding hydrogens is 236 g/mol. The zero-order valence-corrected chi connectivity index (χ0v) is 9.08. The van der Waals surface area contributed by atoms with Gasteiger partial charge in [-0.15, -0.1) is 0 Å². The van der Waals surface area contributed by atoms with Crippen LogP contribution in [-0.2, 0) is 6.54 Å². The van der Waals surface area contributed by atoms with E-state index < -0.39 is 5.97 Å². The van der Waals surface area contributed by atoms with Crippen molar-refractivity contribution in [3.8, 4) is 0 Å². The number of carboxylic acid groups (broad SMARTS) is 1. The second-order valence-electron chi connectivity index (χ2n) is 3.21. The normalized spacial score (nSPS) is 10.8. The Morgan fingerprint density at radius 2 is 2.38 bits per heavy atom. The number of carbonyl (C=O) groups is 1. The van der Waals surface area contributed by atoms with Crippen molar-refractivity contribution in [2.24, 2.45) is 5.92 Å². The Bertz CT molecular complexity index is 320. The van der Waals surface area contributed by atoms with E-state index in [1.807, 2.05) is 13.8 Å². The number of imidazole rings is 1. The number of aromatic nitrogens is 2. The van der Waals surface area contributed by atoms with E-state index in [9.17, 15) is 4.79 Å². The number of hydrogen-bond donors (Lipinski definition) is 1. The molecule has 1 rings (SSSR count). The first-order chi connectivity index (χ1) is 6.02. The minimum Gasteiger partial charge on any atom is -0.475 e. The molecule has 0 spiro atoms. The molecule has 0 unspecified atom stereocenters. The van der Waals surface area contributed by atoms with E-state index in [2.05, 4.69) is 20.9 Å². The van der Waals surface area contributed by atoms with Gasteiger partial charge in [0.2, 0.25) is 5.82 Å². The van der Waals surface area contributed by atoms with Crippen molar-refractivity contribution in [1.29, 1.82) is 0 Å². The molecule has 0 saturated carbocycles. The van der Waals surface area contributed by atoms with Crippen LogP contribution in [0.25, 0.3) is 0 Å². The smallest absolute Gasteiger partial charge is 0.372 e. The quantitative estimate of drug-likeness (QED) is 0.888. The van der Waals surface area contributed by atoms with Crippen LogP contribution in [0, 0.1) is 5.92 Å². The summed E-state index contributed by atoms with van der Waals surface area (Å²) in [7, 11) is 0. The molecule has 0 fully saturated rings. The van der Waals surface area contributed by atoms with Gasteiger partial charge < -0.3 is 9.67 Å². The first kappa shape index (κ1) is 10.2. The highest BCUT2D eigenvalue weighted by Gasteiger charge is 2.14. The summed E-state index contributed by atoms with van der Waals surface area (Å²) in [4.78, 5) is 14.5. The summed E-state index contributed by atoms with van der Waals surface area (Å²) in [5, 5.41) is 8.79. The van der Waals surface area contributed by atoms with Crippen LogP contribution >= 0.6 is 15.9 Å². The van der Waals surface area contributed by atoms with Crippen molar-refractivity contribution in [2.45, 2.75) is 20.4 Å². The highest BCUT2D eigenvalue weighted by atomic mass is 79.9. The second-order valence-corrected chi connectivity index (χ2v) is 4.03. The van der Waals surface area contributed by atoms with E-state index in [0.29, 0.717) is 17.1 Å². The van der Waals surface area contributed by atoms with Crippen LogP contribution in [0.3, 0.4) is 0 Å². The minimum absolute atomic E-state index is 0.0839. The first-order valence-corrected chi connectivity index (χ1v) is 4.76. The zero-order valence-electron chi connectivity index (χ0n) is 7.49. The van der Waals surface area contributed by atoms with Gasteiger partial charge in [-0.25, -0.2) is 9.78 Å². The monoisotopic (exact) mass is 246 g/mol. The molecule has 0 bridgehead atoms. The molecule has 0 aliphatic heterocycles. The van der Waals surface area contributed by atoms with Crippen molar-refractivity contribution in [1.82, 2.24) is 9.55 Å². The SMILES string of the molecule is CC(C)Cn1c(Br)cnc1C(=O)O. The second kappa shape index (κ2) is 3.91. The van der Waals surface area contributed by atoms with E-state index in [4.69, 9.17) is 5.11 Å². The largest absolute Gasteiger partial charge is 0.475 e. The first-order valence-electron chi connectivity index (χ1n) is 3.96. The third-order valence-corrected chi connectivity index (χ3v) is 2.18. The number of nitrogens with zero attached hydrogens (tertiary/aromatic N) is 2. The Balaban J connectivity index is 3.01. The molecule has 13 heavy (non-hydrogen) atoms. The topological polar surface area (TPSA) is 55.1 Å². The van der Waals surface area contributed by atoms with E-state index in [1.54, 1.807) is 4.57 Å². The molecule has 1 aromatic heterocycles. The molecule has 0 atom stereocenters. The van der Waals surface area contributed by atoms with Crippen LogP contribution in [-0.4, -0.2) is 20.6 Å². The number of rotatable bonds is 3. The van der Waals surface area contributed by atoms with E-state index >= 15 is 0 Å². The van der Waals surface area contributed by atoms with Gasteiger partial charge in [-0.05, 0) is 21.8 Å². The predicted molar refractivity (Wildman–Crippen MR) is 51.7 cm³/mol. The molecule has 0 aliphatic rings. The van der Waals surface area contributed by atoms with E-state index in [0.717, 1.165) is 0 Å². The standard InChI is InChI=1S/C8H11BrN2O2/c1-5(2)4-11-6(9)3-10-7(11)8(12)13/h3,5H,4H2,1-2H3,(H,12,13). The summed E-state index contributed by atoms with van der Waals surface area (Å²) in [6.07, 6.45) is 1.51. The molecule has 5 heteroatoms. The maximum absolute atomic E-state index is 10.7. The fourth-order valence-electron chi connectivity index (χ4n) is 1.06. The summed E-state index contributed by atoms with van der Waals surface area (Å²) >= 11 is 3.25. The summed E-state index contributed by atoms with van der Waals surface area (Å²) in [5.74, 6) is -0.518. The summed E-state index contributed by atoms with van der Waals surface area (Å²) in [6.45, 7) is 4.71. The molecule has 4 nitrogen and oxygen atoms in total. The fraction of sp³-hybridized carbons (Fsp3) is 0.500. The van der Waals surface area contributed by atoms with Crippen molar-refractivity contribution >= 4 is 21.9 Å². The lowest BCUT2D eigenvalue weighted by molar-refractivity contribution is 0.0677. The van der Waals surface area contributed by atoms with Crippen LogP contribution in [0.1, 0.15) is 24.5 Å². The van der Waals surface area contributed by atoms with Gasteiger partial charge >= 0.3 is 5.97 Å². The molecule has 0 radical (unpaired) electrons. The molecule has 72 valence electrons. The van der Waals surface area contributed by atoms with Crippen molar-refractivity contribution in [3.05, 3.63) is 16.6 Å². The van der Waals surface area contributed by atoms with Crippen LogP contribution < -0.4 is 0 Å². The number of hydrogen-bond acceptors (Lipinski definition) is 2. The average molecular weight is 247 g/mol. The van der Waals surface area contributed by atoms with Gasteiger partial charge in [0, 0.05) is 6.54 Å². The van der Waals surface area contributed by atoms with E-state index in [1.165, 1.54) is 6.20 Å². The lowest BCUT2D eigenvalue weighted by atomic mass is 10.2. The number of carboxylic acids is 1. The van der Waals surface area contributed by atoms with Gasteiger partial charge in [-0.1, -0.05) is 13.8 Å². The fourth-order valence-corrected chi connectivity index (χ4v) is 1.48. The van der Waals surface area contributed by atoms with Crippen LogP contribution in [0.4, 0.5) is 0 Å². The lowest BCUT2D eigenvalue weighted by Gasteiger charge is -2.08. The zero-order chi connectivity index (χ0) is 10.0. The van der Waals surface area contributed by atoms with E-state index in [-0.39, 0.29) is 5.82 Å². The highest BCUT2D eigenvalue weighted by Crippen LogP contribution is 2.14. The van der Waals surface area contributed by atoms with Crippen molar-refractivity contribution in [2.75, 3.05) is 0 Å². The molecule has 1 heterocycles. The molecule has 1 N–H and O–H groups in total. The Morgan fingerprint density at radius 3 is 2.85 bits per heavy atom. The van der Waals surface area contributed by atoms with Gasteiger partial charge in [-0.2, -0.15) is 0 Å². The van der Waals surface area contributed by atoms with Gasteiger partial charge in [0.15, 0.2) is 0 Å². The third kappa shape index (κ3) is 2.30. The van der Waals surface area contributed by atoms with Gasteiger partial charge in [0.25, 0.3) is 0 Å². The molecule has 0 saturated heterocycles. The van der Waals surface area contributed by atoms with Gasteiger partial charge in [0.05, 0.1) is 6.20 Å². The van der Waals surface area contributed by atoms with Crippen molar-refractivity contribution in [3.63, 3.8) is 0 Å². The third-order valence-electron chi connectivity index (χ3n) is 1.55. The predicted octanol–water partition coefficient (Wildman–Crippen LogP) is 2.00. The summed E-state index contributed by atoms with van der Waals surface area (Å²) in [6, 6.07) is 0. The maximum Gasteiger partial charge on any atom is 0.372 e. The molecular formula is C8H11BrN2O2. The Kier molecular flexibility index (Phi) is 3.08. The van der Waals surface area contributed by atoms with Gasteiger partial charge in [-0.3, -0.25) is 0 Å². The van der Waals surface area contributed by atoms with Crippen LogP contribution in [0.2, 0.25) is 0 Å². The molecule has 0 aliphatic carbocycles. The molecule has 1 aromatic rings. The summed E-state index contributed by atoms with van der Waals surface area (Å²) in [5.41, 5.74) is 0. The molecule has 0 aromatic carbocycles. The number of halogens is 1. The molecule has 0 amide bonds. The number of aromatic carboxylic acids is 1. The average Bonchev–Trinajstić information content (AvgIpc) is 2.32. The van der Waals surface area contributed by atoms with Crippen molar-refractivity contribution < 1.29 is 9.90 Å². The minimum atomic E-state index is -0.994. The summed E-state index contributed by atoms with van der Waals surface area (Å²) < 4.78 is 2.35. The van der Waals surface area contributed by atoms with Crippen LogP contribution in [0.5, 0.6) is 0 Å². The highest BCUT2D eigenvalue weighted by molar-refractivity contribution is 9.10. The van der Waals surface area contributed by atoms with Gasteiger partial charge in [0.1, 0.15) is 4.60 Å².